The Kier molecular flexibility index (Phi) is 4.84. The first-order valence-corrected chi connectivity index (χ1v) is 7.21. The van der Waals surface area contributed by atoms with Gasteiger partial charge in [0.2, 0.25) is 0 Å². The van der Waals surface area contributed by atoms with E-state index < -0.39 is 0 Å². The van der Waals surface area contributed by atoms with Crippen LogP contribution in [0.25, 0.3) is 0 Å². The van der Waals surface area contributed by atoms with Crippen LogP contribution >= 0.6 is 0 Å². The van der Waals surface area contributed by atoms with Gasteiger partial charge >= 0.3 is 0 Å². The molecule has 2 heterocycles. The van der Waals surface area contributed by atoms with Crippen molar-refractivity contribution in [2.75, 3.05) is 33.9 Å². The van der Waals surface area contributed by atoms with Crippen molar-refractivity contribution in [1.29, 1.82) is 0 Å². The maximum absolute atomic E-state index is 6.14. The van der Waals surface area contributed by atoms with Crippen molar-refractivity contribution in [3.8, 4) is 0 Å². The molecule has 2 aliphatic heterocycles. The molecule has 2 fully saturated rings. The summed E-state index contributed by atoms with van der Waals surface area (Å²) in [5, 5.41) is 0. The minimum Gasteiger partial charge on any atom is -0.377 e. The van der Waals surface area contributed by atoms with Gasteiger partial charge in [-0.25, -0.2) is 0 Å². The van der Waals surface area contributed by atoms with Crippen molar-refractivity contribution in [3.05, 3.63) is 0 Å². The summed E-state index contributed by atoms with van der Waals surface area (Å²) in [6.45, 7) is 6.73. The first kappa shape index (κ1) is 15.2. The number of nitrogens with zero attached hydrogens (tertiary/aromatic N) is 1. The summed E-state index contributed by atoms with van der Waals surface area (Å²) in [6.07, 6.45) is 2.77. The van der Waals surface area contributed by atoms with Crippen molar-refractivity contribution in [3.63, 3.8) is 0 Å². The number of methoxy groups -OCH3 is 2. The molecule has 2 rings (SSSR count). The summed E-state index contributed by atoms with van der Waals surface area (Å²) in [6, 6.07) is 0. The molecule has 0 amide bonds. The highest BCUT2D eigenvalue weighted by Crippen LogP contribution is 2.36. The number of hydrogen-bond acceptors (Lipinski definition) is 5. The van der Waals surface area contributed by atoms with Crippen LogP contribution in [-0.2, 0) is 14.2 Å². The molecule has 4 atom stereocenters. The van der Waals surface area contributed by atoms with Gasteiger partial charge in [-0.15, -0.1) is 0 Å². The second kappa shape index (κ2) is 6.06. The van der Waals surface area contributed by atoms with Gasteiger partial charge in [0.15, 0.2) is 0 Å². The normalized spacial score (nSPS) is 44.7. The van der Waals surface area contributed by atoms with Gasteiger partial charge in [-0.3, -0.25) is 4.90 Å². The molecule has 0 bridgehead atoms. The lowest BCUT2D eigenvalue weighted by Gasteiger charge is -2.48. The first-order valence-electron chi connectivity index (χ1n) is 7.21. The zero-order valence-electron chi connectivity index (χ0n) is 12.6. The van der Waals surface area contributed by atoms with E-state index in [1.807, 2.05) is 0 Å². The first-order chi connectivity index (χ1) is 9.04. The number of likely N-dealkylation sites (tertiary alicyclic amines) is 1. The molecule has 0 aromatic heterocycles. The fraction of sp³-hybridized carbons (Fsp3) is 1.00. The Hall–Kier alpha value is -0.200. The van der Waals surface area contributed by atoms with Gasteiger partial charge in [-0.1, -0.05) is 0 Å². The molecule has 2 saturated heterocycles. The molecular formula is C14H28N2O3. The van der Waals surface area contributed by atoms with Crippen LogP contribution in [0.1, 0.15) is 26.7 Å². The predicted molar refractivity (Wildman–Crippen MR) is 74.2 cm³/mol. The van der Waals surface area contributed by atoms with Gasteiger partial charge in [0.05, 0.1) is 24.4 Å². The summed E-state index contributed by atoms with van der Waals surface area (Å²) >= 11 is 0. The summed E-state index contributed by atoms with van der Waals surface area (Å²) in [5.41, 5.74) is 6.17. The number of hydrogen-bond donors (Lipinski definition) is 1. The minimum atomic E-state index is 0.0289. The van der Waals surface area contributed by atoms with Crippen LogP contribution in [0.4, 0.5) is 0 Å². The third kappa shape index (κ3) is 2.95. The van der Waals surface area contributed by atoms with E-state index >= 15 is 0 Å². The SMILES string of the molecule is COC1CN(C2(CN)CC(C)OC(C)C2)CC1OC. The van der Waals surface area contributed by atoms with E-state index in [-0.39, 0.29) is 30.0 Å². The third-order valence-electron chi connectivity index (χ3n) is 4.67. The molecule has 0 radical (unpaired) electrons. The Balaban J connectivity index is 2.13. The lowest BCUT2D eigenvalue weighted by atomic mass is 9.82. The van der Waals surface area contributed by atoms with E-state index in [0.717, 1.165) is 25.9 Å². The third-order valence-corrected chi connectivity index (χ3v) is 4.67. The minimum absolute atomic E-state index is 0.0289. The van der Waals surface area contributed by atoms with E-state index in [1.165, 1.54) is 0 Å². The van der Waals surface area contributed by atoms with Crippen molar-refractivity contribution in [1.82, 2.24) is 4.90 Å². The molecule has 4 unspecified atom stereocenters. The average Bonchev–Trinajstić information content (AvgIpc) is 2.81. The molecule has 0 saturated carbocycles. The monoisotopic (exact) mass is 272 g/mol. The average molecular weight is 272 g/mol. The highest BCUT2D eigenvalue weighted by molar-refractivity contribution is 5.02. The van der Waals surface area contributed by atoms with E-state index in [0.29, 0.717) is 6.54 Å². The molecule has 0 spiro atoms. The zero-order valence-corrected chi connectivity index (χ0v) is 12.6. The van der Waals surface area contributed by atoms with Crippen molar-refractivity contribution in [2.45, 2.75) is 56.6 Å². The molecule has 19 heavy (non-hydrogen) atoms. The molecule has 0 aromatic carbocycles. The topological polar surface area (TPSA) is 57.0 Å². The fourth-order valence-corrected chi connectivity index (χ4v) is 3.78. The highest BCUT2D eigenvalue weighted by Gasteiger charge is 2.47. The second-order valence-corrected chi connectivity index (χ2v) is 6.05. The van der Waals surface area contributed by atoms with Crippen LogP contribution in [0.3, 0.4) is 0 Å². The lowest BCUT2D eigenvalue weighted by molar-refractivity contribution is -0.101. The van der Waals surface area contributed by atoms with Gasteiger partial charge in [0.1, 0.15) is 0 Å². The molecule has 5 nitrogen and oxygen atoms in total. The van der Waals surface area contributed by atoms with E-state index in [1.54, 1.807) is 14.2 Å². The summed E-state index contributed by atoms with van der Waals surface area (Å²) in [4.78, 5) is 2.46. The lowest BCUT2D eigenvalue weighted by Crippen LogP contribution is -2.59. The standard InChI is InChI=1S/C14H28N2O3/c1-10-5-14(9-15,6-11(2)19-10)16-7-12(17-3)13(8-16)18-4/h10-13H,5-9,15H2,1-4H3. The van der Waals surface area contributed by atoms with Crippen LogP contribution in [0, 0.1) is 0 Å². The maximum atomic E-state index is 6.14. The van der Waals surface area contributed by atoms with Gasteiger partial charge in [-0.2, -0.15) is 0 Å². The van der Waals surface area contributed by atoms with Gasteiger partial charge in [-0.05, 0) is 26.7 Å². The number of rotatable bonds is 4. The van der Waals surface area contributed by atoms with Gasteiger partial charge in [0, 0.05) is 39.4 Å². The van der Waals surface area contributed by atoms with Crippen molar-refractivity contribution < 1.29 is 14.2 Å². The molecule has 2 aliphatic rings. The molecule has 0 aromatic rings. The van der Waals surface area contributed by atoms with Crippen molar-refractivity contribution in [2.24, 2.45) is 5.73 Å². The smallest absolute Gasteiger partial charge is 0.0972 e. The number of ether oxygens (including phenoxy) is 3. The Morgan fingerprint density at radius 3 is 1.95 bits per heavy atom. The van der Waals surface area contributed by atoms with Crippen LogP contribution in [-0.4, -0.2) is 68.7 Å². The molecule has 0 aliphatic carbocycles. The second-order valence-electron chi connectivity index (χ2n) is 6.05. The van der Waals surface area contributed by atoms with Crippen LogP contribution in [0.5, 0.6) is 0 Å². The van der Waals surface area contributed by atoms with E-state index in [4.69, 9.17) is 19.9 Å². The Morgan fingerprint density at radius 1 is 1.11 bits per heavy atom. The molecule has 5 heteroatoms. The summed E-state index contributed by atoms with van der Waals surface area (Å²) in [7, 11) is 3.51. The Labute approximate surface area is 116 Å². The molecule has 112 valence electrons. The fourth-order valence-electron chi connectivity index (χ4n) is 3.78. The number of nitrogens with two attached hydrogens (primary N) is 1. The largest absolute Gasteiger partial charge is 0.377 e. The van der Waals surface area contributed by atoms with Crippen LogP contribution in [0.2, 0.25) is 0 Å². The molecule has 2 N–H and O–H groups in total. The molecular weight excluding hydrogens is 244 g/mol. The highest BCUT2D eigenvalue weighted by atomic mass is 16.5. The van der Waals surface area contributed by atoms with Crippen molar-refractivity contribution >= 4 is 0 Å². The predicted octanol–water partition coefficient (Wildman–Crippen LogP) is 0.617. The van der Waals surface area contributed by atoms with Gasteiger partial charge < -0.3 is 19.9 Å². The quantitative estimate of drug-likeness (QED) is 0.813. The van der Waals surface area contributed by atoms with Gasteiger partial charge in [0.25, 0.3) is 0 Å². The maximum Gasteiger partial charge on any atom is 0.0972 e. The summed E-state index contributed by atoms with van der Waals surface area (Å²) in [5.74, 6) is 0. The van der Waals surface area contributed by atoms with Crippen LogP contribution in [0.15, 0.2) is 0 Å². The zero-order chi connectivity index (χ0) is 14.0. The van der Waals surface area contributed by atoms with E-state index in [2.05, 4.69) is 18.7 Å². The Bertz CT molecular complexity index is 278. The Morgan fingerprint density at radius 2 is 1.58 bits per heavy atom. The van der Waals surface area contributed by atoms with Crippen LogP contribution < -0.4 is 5.73 Å². The van der Waals surface area contributed by atoms with E-state index in [9.17, 15) is 0 Å². The summed E-state index contributed by atoms with van der Waals surface area (Å²) < 4.78 is 16.9.